The third-order valence-electron chi connectivity index (χ3n) is 2.95. The van der Waals surface area contributed by atoms with Crippen molar-refractivity contribution in [2.24, 2.45) is 7.05 Å². The van der Waals surface area contributed by atoms with E-state index >= 15 is 0 Å². The number of carboxylic acids is 1. The Morgan fingerprint density at radius 3 is 2.58 bits per heavy atom. The molecule has 0 atom stereocenters. The molecule has 106 valence electrons. The number of aryl methyl sites for hydroxylation is 2. The molecule has 1 heterocycles. The predicted octanol–water partition coefficient (Wildman–Crippen LogP) is 1.49. The Bertz CT molecular complexity index is 421. The number of nitrogens with zero attached hydrogens (tertiary/aromatic N) is 2. The standard InChI is InChI=1S/C13H21N3O3/c1-10-9-11(15-16(10)2)13(19)14-8-6-4-3-5-7-12(17)18/h9H,3-8H2,1-2H3,(H,14,19)(H,17,18). The molecule has 0 aliphatic carbocycles. The quantitative estimate of drug-likeness (QED) is 0.699. The van der Waals surface area contributed by atoms with E-state index in [1.54, 1.807) is 17.8 Å². The number of hydrogen-bond acceptors (Lipinski definition) is 3. The summed E-state index contributed by atoms with van der Waals surface area (Å²) in [5.74, 6) is -0.909. The maximum Gasteiger partial charge on any atom is 0.303 e. The van der Waals surface area contributed by atoms with Crippen LogP contribution in [0.3, 0.4) is 0 Å². The van der Waals surface area contributed by atoms with Crippen LogP contribution in [0.25, 0.3) is 0 Å². The zero-order valence-electron chi connectivity index (χ0n) is 11.5. The first-order valence-electron chi connectivity index (χ1n) is 6.51. The van der Waals surface area contributed by atoms with Gasteiger partial charge in [-0.15, -0.1) is 0 Å². The van der Waals surface area contributed by atoms with E-state index < -0.39 is 5.97 Å². The van der Waals surface area contributed by atoms with Gasteiger partial charge in [0.15, 0.2) is 0 Å². The predicted molar refractivity (Wildman–Crippen MR) is 71.0 cm³/mol. The van der Waals surface area contributed by atoms with Crippen molar-refractivity contribution >= 4 is 11.9 Å². The second kappa shape index (κ2) is 7.56. The van der Waals surface area contributed by atoms with E-state index in [4.69, 9.17) is 5.11 Å². The summed E-state index contributed by atoms with van der Waals surface area (Å²) < 4.78 is 1.67. The van der Waals surface area contributed by atoms with Gasteiger partial charge in [-0.25, -0.2) is 0 Å². The van der Waals surface area contributed by atoms with Crippen molar-refractivity contribution in [3.05, 3.63) is 17.5 Å². The summed E-state index contributed by atoms with van der Waals surface area (Å²) in [5, 5.41) is 15.4. The summed E-state index contributed by atoms with van der Waals surface area (Å²) >= 11 is 0. The minimum atomic E-state index is -0.751. The highest BCUT2D eigenvalue weighted by Gasteiger charge is 2.09. The fourth-order valence-electron chi connectivity index (χ4n) is 1.72. The lowest BCUT2D eigenvalue weighted by Crippen LogP contribution is -2.25. The Kier molecular flexibility index (Phi) is 6.05. The second-order valence-electron chi connectivity index (χ2n) is 4.61. The molecule has 0 aliphatic heterocycles. The molecule has 1 rings (SSSR count). The van der Waals surface area contributed by atoms with Crippen LogP contribution in [0, 0.1) is 6.92 Å². The van der Waals surface area contributed by atoms with Crippen molar-refractivity contribution < 1.29 is 14.7 Å². The zero-order chi connectivity index (χ0) is 14.3. The molecule has 0 aromatic carbocycles. The van der Waals surface area contributed by atoms with Gasteiger partial charge in [-0.3, -0.25) is 14.3 Å². The number of carboxylic acid groups (broad SMARTS) is 1. The van der Waals surface area contributed by atoms with Crippen LogP contribution in [0.5, 0.6) is 0 Å². The molecule has 0 saturated heterocycles. The number of carbonyl (C=O) groups is 2. The average Bonchev–Trinajstić information content (AvgIpc) is 2.68. The third kappa shape index (κ3) is 5.54. The molecule has 0 spiro atoms. The van der Waals surface area contributed by atoms with E-state index in [0.717, 1.165) is 25.0 Å². The van der Waals surface area contributed by atoms with Gasteiger partial charge < -0.3 is 10.4 Å². The minimum Gasteiger partial charge on any atom is -0.481 e. The van der Waals surface area contributed by atoms with Crippen molar-refractivity contribution in [3.63, 3.8) is 0 Å². The lowest BCUT2D eigenvalue weighted by atomic mass is 10.1. The molecule has 6 heteroatoms. The Morgan fingerprint density at radius 1 is 1.32 bits per heavy atom. The van der Waals surface area contributed by atoms with Crippen LogP contribution >= 0.6 is 0 Å². The summed E-state index contributed by atoms with van der Waals surface area (Å²) in [6.07, 6.45) is 3.58. The largest absolute Gasteiger partial charge is 0.481 e. The lowest BCUT2D eigenvalue weighted by Gasteiger charge is -2.02. The highest BCUT2D eigenvalue weighted by atomic mass is 16.4. The topological polar surface area (TPSA) is 84.2 Å². The van der Waals surface area contributed by atoms with Gasteiger partial charge in [0, 0.05) is 25.7 Å². The van der Waals surface area contributed by atoms with Crippen molar-refractivity contribution in [1.29, 1.82) is 0 Å². The van der Waals surface area contributed by atoms with Crippen molar-refractivity contribution in [1.82, 2.24) is 15.1 Å². The van der Waals surface area contributed by atoms with Gasteiger partial charge in [0.1, 0.15) is 5.69 Å². The van der Waals surface area contributed by atoms with Gasteiger partial charge in [0.2, 0.25) is 0 Å². The first kappa shape index (κ1) is 15.2. The monoisotopic (exact) mass is 267 g/mol. The molecule has 19 heavy (non-hydrogen) atoms. The maximum atomic E-state index is 11.7. The highest BCUT2D eigenvalue weighted by molar-refractivity contribution is 5.92. The smallest absolute Gasteiger partial charge is 0.303 e. The van der Waals surface area contributed by atoms with Crippen molar-refractivity contribution in [3.8, 4) is 0 Å². The molecule has 1 aromatic rings. The molecule has 0 unspecified atom stereocenters. The Hall–Kier alpha value is -1.85. The van der Waals surface area contributed by atoms with Crippen LogP contribution < -0.4 is 5.32 Å². The molecular weight excluding hydrogens is 246 g/mol. The van der Waals surface area contributed by atoms with E-state index in [2.05, 4.69) is 10.4 Å². The van der Waals surface area contributed by atoms with Crippen LogP contribution in [0.15, 0.2) is 6.07 Å². The van der Waals surface area contributed by atoms with Crippen LogP contribution in [-0.2, 0) is 11.8 Å². The fraction of sp³-hybridized carbons (Fsp3) is 0.615. The molecule has 1 amide bonds. The minimum absolute atomic E-state index is 0.158. The number of aliphatic carboxylic acids is 1. The first-order chi connectivity index (χ1) is 9.00. The van der Waals surface area contributed by atoms with Gasteiger partial charge in [-0.1, -0.05) is 12.8 Å². The molecule has 0 radical (unpaired) electrons. The van der Waals surface area contributed by atoms with Gasteiger partial charge in [-0.05, 0) is 25.8 Å². The summed E-state index contributed by atoms with van der Waals surface area (Å²) in [7, 11) is 1.80. The summed E-state index contributed by atoms with van der Waals surface area (Å²) in [5.41, 5.74) is 1.38. The van der Waals surface area contributed by atoms with E-state index in [9.17, 15) is 9.59 Å². The first-order valence-corrected chi connectivity index (χ1v) is 6.51. The second-order valence-corrected chi connectivity index (χ2v) is 4.61. The SMILES string of the molecule is Cc1cc(C(=O)NCCCCCCC(=O)O)nn1C. The van der Waals surface area contributed by atoms with Gasteiger partial charge in [0.05, 0.1) is 0 Å². The molecule has 2 N–H and O–H groups in total. The number of aromatic nitrogens is 2. The Morgan fingerprint density at radius 2 is 2.00 bits per heavy atom. The molecule has 0 saturated carbocycles. The fourth-order valence-corrected chi connectivity index (χ4v) is 1.72. The maximum absolute atomic E-state index is 11.7. The van der Waals surface area contributed by atoms with Crippen LogP contribution in [-0.4, -0.2) is 33.3 Å². The van der Waals surface area contributed by atoms with E-state index in [1.807, 2.05) is 6.92 Å². The van der Waals surface area contributed by atoms with Crippen LogP contribution in [0.2, 0.25) is 0 Å². The van der Waals surface area contributed by atoms with Gasteiger partial charge in [-0.2, -0.15) is 5.10 Å². The number of hydrogen-bond donors (Lipinski definition) is 2. The van der Waals surface area contributed by atoms with Crippen LogP contribution in [0.1, 0.15) is 48.3 Å². The van der Waals surface area contributed by atoms with Crippen LogP contribution in [0.4, 0.5) is 0 Å². The average molecular weight is 267 g/mol. The summed E-state index contributed by atoms with van der Waals surface area (Å²) in [4.78, 5) is 22.0. The number of nitrogens with one attached hydrogen (secondary N) is 1. The van der Waals surface area contributed by atoms with E-state index in [1.165, 1.54) is 0 Å². The van der Waals surface area contributed by atoms with Crippen molar-refractivity contribution in [2.45, 2.75) is 39.0 Å². The number of unbranched alkanes of at least 4 members (excludes halogenated alkanes) is 3. The lowest BCUT2D eigenvalue weighted by molar-refractivity contribution is -0.137. The molecule has 6 nitrogen and oxygen atoms in total. The Labute approximate surface area is 112 Å². The highest BCUT2D eigenvalue weighted by Crippen LogP contribution is 2.03. The molecule has 0 bridgehead atoms. The van der Waals surface area contributed by atoms with E-state index in [-0.39, 0.29) is 12.3 Å². The number of amides is 1. The van der Waals surface area contributed by atoms with Gasteiger partial charge in [0.25, 0.3) is 5.91 Å². The number of carbonyl (C=O) groups excluding carboxylic acids is 1. The molecular formula is C13H21N3O3. The molecule has 0 fully saturated rings. The zero-order valence-corrected chi connectivity index (χ0v) is 11.5. The number of rotatable bonds is 8. The van der Waals surface area contributed by atoms with Gasteiger partial charge >= 0.3 is 5.97 Å². The molecule has 1 aromatic heterocycles. The normalized spacial score (nSPS) is 10.4. The third-order valence-corrected chi connectivity index (χ3v) is 2.95. The summed E-state index contributed by atoms with van der Waals surface area (Å²) in [6, 6.07) is 1.75. The van der Waals surface area contributed by atoms with E-state index in [0.29, 0.717) is 18.7 Å². The van der Waals surface area contributed by atoms with Crippen molar-refractivity contribution in [2.75, 3.05) is 6.54 Å². The summed E-state index contributed by atoms with van der Waals surface area (Å²) in [6.45, 7) is 2.49. The Balaban J connectivity index is 2.12. The molecule has 0 aliphatic rings.